The van der Waals surface area contributed by atoms with E-state index in [0.29, 0.717) is 12.0 Å². The quantitative estimate of drug-likeness (QED) is 0.921. The van der Waals surface area contributed by atoms with Crippen LogP contribution < -0.4 is 10.6 Å². The van der Waals surface area contributed by atoms with Crippen molar-refractivity contribution in [2.24, 2.45) is 5.73 Å². The molecular weight excluding hydrogens is 248 g/mol. The van der Waals surface area contributed by atoms with Crippen LogP contribution in [0.2, 0.25) is 0 Å². The Bertz CT molecular complexity index is 472. The van der Waals surface area contributed by atoms with Gasteiger partial charge in [-0.3, -0.25) is 0 Å². The van der Waals surface area contributed by atoms with Gasteiger partial charge in [0.25, 0.3) is 0 Å². The van der Waals surface area contributed by atoms with E-state index in [0.717, 1.165) is 39.0 Å². The molecule has 110 valence electrons. The molecule has 0 saturated carbocycles. The Balaban J connectivity index is 1.84. The summed E-state index contributed by atoms with van der Waals surface area (Å²) in [5, 5.41) is 0. The highest BCUT2D eigenvalue weighted by atomic mass is 16.5. The monoisotopic (exact) mass is 274 g/mol. The van der Waals surface area contributed by atoms with Crippen LogP contribution in [0.25, 0.3) is 0 Å². The molecule has 2 unspecified atom stereocenters. The summed E-state index contributed by atoms with van der Waals surface area (Å²) >= 11 is 0. The number of benzene rings is 1. The van der Waals surface area contributed by atoms with Gasteiger partial charge in [0.1, 0.15) is 0 Å². The average Bonchev–Trinajstić information content (AvgIpc) is 2.78. The zero-order chi connectivity index (χ0) is 14.2. The van der Waals surface area contributed by atoms with Gasteiger partial charge in [-0.2, -0.15) is 0 Å². The maximum atomic E-state index is 5.87. The molecule has 0 spiro atoms. The van der Waals surface area contributed by atoms with Gasteiger partial charge in [0, 0.05) is 30.8 Å². The molecule has 0 bridgehead atoms. The predicted octanol–water partition coefficient (Wildman–Crippen LogP) is 2.90. The lowest BCUT2D eigenvalue weighted by molar-refractivity contribution is -0.0588. The second kappa shape index (κ2) is 5.38. The fourth-order valence-corrected chi connectivity index (χ4v) is 3.79. The first-order valence-corrected chi connectivity index (χ1v) is 7.80. The lowest BCUT2D eigenvalue weighted by Crippen LogP contribution is -2.45. The summed E-state index contributed by atoms with van der Waals surface area (Å²) < 4.78 is 5.87. The highest BCUT2D eigenvalue weighted by Crippen LogP contribution is 2.41. The number of ether oxygens (including phenoxy) is 1. The van der Waals surface area contributed by atoms with Crippen molar-refractivity contribution in [2.75, 3.05) is 24.6 Å². The van der Waals surface area contributed by atoms with Crippen LogP contribution in [-0.4, -0.2) is 31.3 Å². The van der Waals surface area contributed by atoms with Gasteiger partial charge in [-0.1, -0.05) is 18.2 Å². The highest BCUT2D eigenvalue weighted by molar-refractivity contribution is 5.61. The molecule has 2 heterocycles. The van der Waals surface area contributed by atoms with Crippen LogP contribution in [0.1, 0.15) is 44.6 Å². The minimum absolute atomic E-state index is 0.00378. The molecule has 2 atom stereocenters. The molecule has 1 fully saturated rings. The smallest absolute Gasteiger partial charge is 0.0646 e. The van der Waals surface area contributed by atoms with Crippen LogP contribution in [0.3, 0.4) is 0 Å². The number of hydrogen-bond acceptors (Lipinski definition) is 3. The van der Waals surface area contributed by atoms with Gasteiger partial charge in [-0.05, 0) is 51.3 Å². The molecule has 1 aromatic carbocycles. The van der Waals surface area contributed by atoms with E-state index < -0.39 is 0 Å². The molecule has 0 radical (unpaired) electrons. The Hall–Kier alpha value is -1.06. The molecule has 2 aliphatic rings. The standard InChI is InChI=1S/C17H26N2O/c1-17(2)11-14(8-10-20-17)19-12-13(7-9-18)15-5-3-4-6-16(15)19/h3-6,13-14H,7-12,18H2,1-2H3. The molecular formula is C17H26N2O. The second-order valence-corrected chi connectivity index (χ2v) is 6.74. The second-order valence-electron chi connectivity index (χ2n) is 6.74. The molecule has 2 N–H and O–H groups in total. The van der Waals surface area contributed by atoms with E-state index in [2.05, 4.69) is 43.0 Å². The van der Waals surface area contributed by atoms with Crippen molar-refractivity contribution in [1.82, 2.24) is 0 Å². The van der Waals surface area contributed by atoms with Gasteiger partial charge in [0.2, 0.25) is 0 Å². The summed E-state index contributed by atoms with van der Waals surface area (Å²) in [7, 11) is 0. The van der Waals surface area contributed by atoms with E-state index >= 15 is 0 Å². The Kier molecular flexibility index (Phi) is 3.74. The normalized spacial score (nSPS) is 28.4. The molecule has 0 aromatic heterocycles. The lowest BCUT2D eigenvalue weighted by Gasteiger charge is -2.41. The van der Waals surface area contributed by atoms with Crippen molar-refractivity contribution in [3.8, 4) is 0 Å². The summed E-state index contributed by atoms with van der Waals surface area (Å²) in [4.78, 5) is 2.61. The van der Waals surface area contributed by atoms with Crippen LogP contribution in [0.4, 0.5) is 5.69 Å². The Morgan fingerprint density at radius 3 is 2.90 bits per heavy atom. The van der Waals surface area contributed by atoms with E-state index in [9.17, 15) is 0 Å². The molecule has 0 aliphatic carbocycles. The first kappa shape index (κ1) is 13.9. The van der Waals surface area contributed by atoms with E-state index in [1.165, 1.54) is 11.3 Å². The highest BCUT2D eigenvalue weighted by Gasteiger charge is 2.37. The topological polar surface area (TPSA) is 38.5 Å². The number of hydrogen-bond donors (Lipinski definition) is 1. The molecule has 1 saturated heterocycles. The third-order valence-corrected chi connectivity index (χ3v) is 4.73. The van der Waals surface area contributed by atoms with Gasteiger partial charge in [0.05, 0.1) is 5.60 Å². The minimum Gasteiger partial charge on any atom is -0.375 e. The van der Waals surface area contributed by atoms with Crippen molar-refractivity contribution in [2.45, 2.75) is 50.7 Å². The molecule has 1 aromatic rings. The Morgan fingerprint density at radius 1 is 1.35 bits per heavy atom. The maximum absolute atomic E-state index is 5.87. The predicted molar refractivity (Wildman–Crippen MR) is 83.3 cm³/mol. The third-order valence-electron chi connectivity index (χ3n) is 4.73. The fraction of sp³-hybridized carbons (Fsp3) is 0.647. The molecule has 3 rings (SSSR count). The van der Waals surface area contributed by atoms with E-state index in [-0.39, 0.29) is 5.60 Å². The zero-order valence-electron chi connectivity index (χ0n) is 12.6. The van der Waals surface area contributed by atoms with Gasteiger partial charge < -0.3 is 15.4 Å². The van der Waals surface area contributed by atoms with Crippen molar-refractivity contribution < 1.29 is 4.74 Å². The van der Waals surface area contributed by atoms with Crippen molar-refractivity contribution in [1.29, 1.82) is 0 Å². The lowest BCUT2D eigenvalue weighted by atomic mass is 9.92. The van der Waals surface area contributed by atoms with Crippen molar-refractivity contribution >= 4 is 5.69 Å². The molecule has 20 heavy (non-hydrogen) atoms. The van der Waals surface area contributed by atoms with E-state index in [1.54, 1.807) is 0 Å². The maximum Gasteiger partial charge on any atom is 0.0646 e. The number of nitrogens with zero attached hydrogens (tertiary/aromatic N) is 1. The summed E-state index contributed by atoms with van der Waals surface area (Å²) in [5.41, 5.74) is 8.71. The minimum atomic E-state index is 0.00378. The third kappa shape index (κ3) is 2.57. The number of anilines is 1. The summed E-state index contributed by atoms with van der Waals surface area (Å²) in [5.74, 6) is 0.599. The Morgan fingerprint density at radius 2 is 2.15 bits per heavy atom. The van der Waals surface area contributed by atoms with Gasteiger partial charge in [-0.15, -0.1) is 0 Å². The first-order chi connectivity index (χ1) is 9.61. The number of nitrogens with two attached hydrogens (primary N) is 1. The molecule has 2 aliphatic heterocycles. The summed E-state index contributed by atoms with van der Waals surface area (Å²) in [6, 6.07) is 9.46. The molecule has 0 amide bonds. The van der Waals surface area contributed by atoms with Gasteiger partial charge >= 0.3 is 0 Å². The van der Waals surface area contributed by atoms with Crippen LogP contribution in [-0.2, 0) is 4.74 Å². The largest absolute Gasteiger partial charge is 0.375 e. The Labute approximate surface area is 122 Å². The number of rotatable bonds is 3. The first-order valence-electron chi connectivity index (χ1n) is 7.80. The number of fused-ring (bicyclic) bond motifs is 1. The van der Waals surface area contributed by atoms with Gasteiger partial charge in [0.15, 0.2) is 0 Å². The molecule has 3 heteroatoms. The van der Waals surface area contributed by atoms with Crippen LogP contribution >= 0.6 is 0 Å². The molecule has 3 nitrogen and oxygen atoms in total. The average molecular weight is 274 g/mol. The zero-order valence-corrected chi connectivity index (χ0v) is 12.6. The summed E-state index contributed by atoms with van der Waals surface area (Å²) in [6.45, 7) is 7.18. The summed E-state index contributed by atoms with van der Waals surface area (Å²) in [6.07, 6.45) is 3.32. The van der Waals surface area contributed by atoms with Crippen LogP contribution in [0.15, 0.2) is 24.3 Å². The van der Waals surface area contributed by atoms with E-state index in [1.807, 2.05) is 0 Å². The van der Waals surface area contributed by atoms with Crippen molar-refractivity contribution in [3.05, 3.63) is 29.8 Å². The van der Waals surface area contributed by atoms with Crippen LogP contribution in [0.5, 0.6) is 0 Å². The van der Waals surface area contributed by atoms with E-state index in [4.69, 9.17) is 10.5 Å². The number of para-hydroxylation sites is 1. The van der Waals surface area contributed by atoms with Gasteiger partial charge in [-0.25, -0.2) is 0 Å². The fourth-order valence-electron chi connectivity index (χ4n) is 3.79. The SMILES string of the molecule is CC1(C)CC(N2CC(CCN)c3ccccc32)CCO1. The van der Waals surface area contributed by atoms with Crippen molar-refractivity contribution in [3.63, 3.8) is 0 Å². The van der Waals surface area contributed by atoms with Crippen LogP contribution in [0, 0.1) is 0 Å².